The molecule has 0 bridgehead atoms. The van der Waals surface area contributed by atoms with Crippen LogP contribution in [-0.2, 0) is 151 Å². The summed E-state index contributed by atoms with van der Waals surface area (Å²) in [5.41, 5.74) is -13.3. The molecule has 4 aromatic heterocycles. The minimum atomic E-state index is -7.58. The van der Waals surface area contributed by atoms with Gasteiger partial charge in [-0.1, -0.05) is 19.7 Å². The highest BCUT2D eigenvalue weighted by Gasteiger charge is 2.79. The lowest BCUT2D eigenvalue weighted by atomic mass is 9.91. The lowest BCUT2D eigenvalue weighted by molar-refractivity contribution is -0.203. The molecule has 4 saturated heterocycles. The van der Waals surface area contributed by atoms with Gasteiger partial charge in [-0.25, -0.2) is 50.4 Å². The lowest BCUT2D eigenvalue weighted by Gasteiger charge is -2.28. The van der Waals surface area contributed by atoms with Gasteiger partial charge in [0.25, 0.3) is 40.5 Å². The third-order valence-electron chi connectivity index (χ3n) is 13.5. The fourth-order valence-electron chi connectivity index (χ4n) is 7.65. The average Bonchev–Trinajstić information content (AvgIpc) is 1.67. The van der Waals surface area contributed by atoms with Crippen molar-refractivity contribution in [2.45, 2.75) is 106 Å². The zero-order valence-corrected chi connectivity index (χ0v) is 61.0. The van der Waals surface area contributed by atoms with E-state index in [-0.39, 0.29) is 80.4 Å². The van der Waals surface area contributed by atoms with Crippen molar-refractivity contribution in [2.24, 2.45) is 5.92 Å². The number of carbonyl (C=O) groups excluding carboxylic acids is 3. The molecule has 113 heavy (non-hydrogen) atoms. The summed E-state index contributed by atoms with van der Waals surface area (Å²) >= 11 is 0. The Labute approximate surface area is 615 Å². The molecule has 0 amide bonds. The smallest absolute Gasteiger partial charge is 0.427 e. The fraction of sp³-hybridized carbons (Fsp3) is 0.562. The van der Waals surface area contributed by atoms with E-state index in [1.807, 2.05) is 0 Å². The van der Waals surface area contributed by atoms with E-state index in [9.17, 15) is 172 Å². The lowest BCUT2D eigenvalue weighted by Crippen LogP contribution is -2.57. The molecule has 65 heteroatoms. The van der Waals surface area contributed by atoms with E-state index >= 15 is 0 Å². The largest absolute Gasteiger partial charge is 0.519 e. The summed E-state index contributed by atoms with van der Waals surface area (Å²) in [6, 6.07) is 0. The van der Waals surface area contributed by atoms with Crippen molar-refractivity contribution in [1.82, 2.24) is 0 Å². The van der Waals surface area contributed by atoms with E-state index < -0.39 is 210 Å². The van der Waals surface area contributed by atoms with Crippen molar-refractivity contribution in [3.05, 3.63) is 127 Å². The van der Waals surface area contributed by atoms with Crippen LogP contribution in [-0.4, -0.2) is 192 Å². The van der Waals surface area contributed by atoms with Gasteiger partial charge in [-0.15, -0.1) is 0 Å². The van der Waals surface area contributed by atoms with Crippen molar-refractivity contribution >= 4 is 88.7 Å². The monoisotopic (exact) mass is 1830 g/mol. The molecule has 646 valence electrons. The zero-order valence-electron chi connectivity index (χ0n) is 55.2. The van der Waals surface area contributed by atoms with Crippen LogP contribution >= 0.6 is 0 Å². The van der Waals surface area contributed by atoms with Gasteiger partial charge < -0.3 is 63.8 Å². The summed E-state index contributed by atoms with van der Waals surface area (Å²) in [7, 11) is -31.6. The zero-order chi connectivity index (χ0) is 87.7. The average molecular weight is 1830 g/mol. The molecular weight excluding hydrogens is 1780 g/mol. The third kappa shape index (κ3) is 23.5. The van der Waals surface area contributed by atoms with Gasteiger partial charge in [0.05, 0.1) is 57.6 Å². The number of cyclic esters (lactones) is 6. The van der Waals surface area contributed by atoms with Crippen LogP contribution in [0.4, 0.5) is 93.4 Å². The number of hydrogen-bond donors (Lipinski definition) is 0. The highest BCUT2D eigenvalue weighted by atomic mass is 32.2. The molecule has 0 saturated carbocycles. The van der Waals surface area contributed by atoms with Crippen molar-refractivity contribution in [2.75, 3.05) is 52.3 Å². The highest BCUT2D eigenvalue weighted by molar-refractivity contribution is 7.93. The van der Waals surface area contributed by atoms with Gasteiger partial charge in [0, 0.05) is 38.0 Å². The molecule has 9 rings (SSSR count). The Balaban J connectivity index is 0.000000343. The fourth-order valence-corrected chi connectivity index (χ4v) is 13.3. The predicted octanol–water partition coefficient (Wildman–Crippen LogP) is 5.22. The van der Waals surface area contributed by atoms with Gasteiger partial charge in [0.15, 0.2) is 29.5 Å². The number of ether oxygens (including phenoxy) is 6. The summed E-state index contributed by atoms with van der Waals surface area (Å²) < 4.78 is 459. The van der Waals surface area contributed by atoms with Gasteiger partial charge in [-0.2, -0.15) is 121 Å². The van der Waals surface area contributed by atoms with Crippen LogP contribution in [0.3, 0.4) is 0 Å². The van der Waals surface area contributed by atoms with E-state index in [2.05, 4.69) is 81.9 Å². The highest BCUT2D eigenvalue weighted by Crippen LogP contribution is 2.52. The predicted molar refractivity (Wildman–Crippen MR) is 314 cm³/mol. The Morgan fingerprint density at radius 3 is 1.31 bits per heavy atom. The Hall–Kier alpha value is -8.74. The molecule has 6 atom stereocenters. The number of halogens is 18. The molecule has 5 aliphatic rings. The first-order valence-electron chi connectivity index (χ1n) is 27.9. The van der Waals surface area contributed by atoms with Crippen LogP contribution in [0.1, 0.15) is 41.6 Å². The standard InChI is InChI=1S/C8H8O6S.C8H12O6S.C7H3F7O5S.C7H10O6S.C6HF7O5S.C6H4F4O6S.C6H8O6S/c9-8-13-5-1-4-3-12-15(10,11)7(4)2-6(5)14-8;1-3-6-7(14-8(9)13-6)4-5-15(10,11)12-2;1-2-3(19-4(15)18-2)5(8,9)6(10,11)20(16,17)7(12,13)14;1-5-6(13-7(8)12-5)3-4-14(9,10)11-2;7-4(8,2-1-17-3(14)18-2)5(9,10)19(15,16)6(11,12)13;1-14-17(12,13)6(9,10)5(7,8)3-2-15-4(11)16-3;1-10-13(8,9)3-2-5-4-11-6(7)12-5/h4,7H,1-3H2;3,6-7H,1,4-5H2,2H3;3H,1H2;6H,1,3-4H2,2H3;1H;2H,1H3;4H,2-3H2,1H3. The van der Waals surface area contributed by atoms with Gasteiger partial charge in [0.2, 0.25) is 17.6 Å². The van der Waals surface area contributed by atoms with E-state index in [0.717, 1.165) is 27.6 Å². The molecule has 1 aliphatic carbocycles. The first-order chi connectivity index (χ1) is 51.0. The normalized spacial score (nSPS) is 20.2. The first kappa shape index (κ1) is 98.5. The minimum Gasteiger partial charge on any atom is -0.427 e. The second kappa shape index (κ2) is 36.0. The van der Waals surface area contributed by atoms with Crippen LogP contribution < -0.4 is 23.3 Å². The topological polar surface area (TPSA) is 565 Å². The molecule has 0 N–H and O–H groups in total. The molecule has 0 aromatic carbocycles. The minimum absolute atomic E-state index is 0.0575. The van der Waals surface area contributed by atoms with Crippen molar-refractivity contribution < 1.29 is 237 Å². The third-order valence-corrected chi connectivity index (χ3v) is 23.3. The van der Waals surface area contributed by atoms with E-state index in [4.69, 9.17) is 22.5 Å². The second-order valence-corrected chi connectivity index (χ2v) is 33.8. The summed E-state index contributed by atoms with van der Waals surface area (Å²) in [6.07, 6.45) is -6.08. The summed E-state index contributed by atoms with van der Waals surface area (Å²) in [5, 5.41) is -19.4. The summed E-state index contributed by atoms with van der Waals surface area (Å²) in [6.45, 7) is 9.58. The quantitative estimate of drug-likeness (QED) is 0.0302. The number of carbonyl (C=O) groups is 3. The Morgan fingerprint density at radius 1 is 0.487 bits per heavy atom. The summed E-state index contributed by atoms with van der Waals surface area (Å²) in [4.78, 5) is 73.5. The maximum atomic E-state index is 13.3. The number of rotatable bonds is 23. The van der Waals surface area contributed by atoms with Gasteiger partial charge >= 0.3 is 116 Å². The van der Waals surface area contributed by atoms with Crippen LogP contribution in [0.2, 0.25) is 0 Å². The summed E-state index contributed by atoms with van der Waals surface area (Å²) in [5.74, 6) is -27.9. The molecule has 4 aromatic rings. The first-order valence-corrected chi connectivity index (χ1v) is 38.5. The molecular formula is C48H46F18O40S7. The van der Waals surface area contributed by atoms with Gasteiger partial charge in [-0.05, 0) is 6.08 Å². The van der Waals surface area contributed by atoms with Crippen LogP contribution in [0.25, 0.3) is 0 Å². The maximum Gasteiger partial charge on any atom is 0.519 e. The van der Waals surface area contributed by atoms with Gasteiger partial charge in [0.1, 0.15) is 36.4 Å². The van der Waals surface area contributed by atoms with Gasteiger partial charge in [-0.3, -0.25) is 20.9 Å². The molecule has 40 nitrogen and oxygen atoms in total. The number of aryl methyl sites for hydroxylation is 1. The van der Waals surface area contributed by atoms with Crippen molar-refractivity contribution in [3.63, 3.8) is 0 Å². The Morgan fingerprint density at radius 2 is 0.912 bits per heavy atom. The Kier molecular flexibility index (Phi) is 31.3. The van der Waals surface area contributed by atoms with Crippen molar-refractivity contribution in [3.8, 4) is 0 Å². The van der Waals surface area contributed by atoms with E-state index in [1.165, 1.54) is 6.08 Å². The Bertz CT molecular complexity index is 5180. The van der Waals surface area contributed by atoms with E-state index in [1.54, 1.807) is 0 Å². The molecule has 0 radical (unpaired) electrons. The van der Waals surface area contributed by atoms with Crippen molar-refractivity contribution in [1.29, 1.82) is 0 Å². The molecule has 8 heterocycles. The number of sulfone groups is 2. The van der Waals surface area contributed by atoms with E-state index in [0.29, 0.717) is 17.9 Å². The number of hydrogen-bond acceptors (Lipinski definition) is 40. The van der Waals surface area contributed by atoms with Crippen LogP contribution in [0, 0.1) is 5.92 Å². The van der Waals surface area contributed by atoms with Crippen LogP contribution in [0.15, 0.2) is 111 Å². The maximum absolute atomic E-state index is 13.3. The molecule has 4 fully saturated rings. The molecule has 4 aliphatic heterocycles. The molecule has 6 unspecified atom stereocenters. The molecule has 0 spiro atoms. The second-order valence-electron chi connectivity index (χ2n) is 20.7. The number of fused-ring (bicyclic) bond motifs is 2. The van der Waals surface area contributed by atoms with Crippen LogP contribution in [0.5, 0.6) is 0 Å². The number of alkyl halides is 18. The SMILES string of the molecule is C=C1OC(=O)OC1C(F)(F)C(F)(F)S(=O)(=O)C(F)(F)F.C=C1OC(=O)OC1CCS(=O)(=O)OC.C=CC1OC(=O)OC1CCS(=O)(=O)OC.COS(=O)(=O)C(F)(F)C(F)(F)c1coc(=O)o1.COS(=O)(=O)CCc1coc(=O)o1.O=c1oc2c(o1)CC1C(COS1(=O)=O)C2.O=c1occ(C(F)(F)C(F)(F)S(=O)(=O)C(F)(F)F)o1.